The Morgan fingerprint density at radius 1 is 1.04 bits per heavy atom. The van der Waals surface area contributed by atoms with E-state index in [9.17, 15) is 13.2 Å². The van der Waals surface area contributed by atoms with Crippen molar-refractivity contribution in [2.24, 2.45) is 0 Å². The molecule has 0 atom stereocenters. The van der Waals surface area contributed by atoms with Gasteiger partial charge in [0.2, 0.25) is 15.9 Å². The zero-order valence-corrected chi connectivity index (χ0v) is 15.9. The van der Waals surface area contributed by atoms with Crippen LogP contribution in [0.2, 0.25) is 0 Å². The number of nitrogens with one attached hydrogen (secondary N) is 2. The third-order valence-corrected chi connectivity index (χ3v) is 6.04. The van der Waals surface area contributed by atoms with E-state index in [1.165, 1.54) is 29.7 Å². The third-order valence-electron chi connectivity index (χ3n) is 4.37. The molecule has 0 aliphatic heterocycles. The summed E-state index contributed by atoms with van der Waals surface area (Å²) in [4.78, 5) is 12.5. The Bertz CT molecular complexity index is 903. The van der Waals surface area contributed by atoms with Crippen LogP contribution in [0.4, 0.5) is 5.69 Å². The second-order valence-corrected chi connectivity index (χ2v) is 8.70. The van der Waals surface area contributed by atoms with Crippen molar-refractivity contribution in [2.45, 2.75) is 50.5 Å². The van der Waals surface area contributed by atoms with Gasteiger partial charge in [0, 0.05) is 11.7 Å². The first-order valence-corrected chi connectivity index (χ1v) is 10.3. The summed E-state index contributed by atoms with van der Waals surface area (Å²) in [6.45, 7) is 3.54. The molecule has 0 fully saturated rings. The van der Waals surface area contributed by atoms with Crippen molar-refractivity contribution in [3.8, 4) is 0 Å². The molecule has 0 heterocycles. The molecule has 1 aliphatic rings. The summed E-state index contributed by atoms with van der Waals surface area (Å²) in [5.74, 6) is -0.112. The lowest BCUT2D eigenvalue weighted by atomic mass is 10.0. The molecule has 6 heteroatoms. The quantitative estimate of drug-likeness (QED) is 0.818. The summed E-state index contributed by atoms with van der Waals surface area (Å²) in [5, 5.41) is 2.82. The molecular formula is C20H24N2O3S. The minimum atomic E-state index is -3.52. The number of hydrogen-bond donors (Lipinski definition) is 2. The smallest absolute Gasteiger partial charge is 0.240 e. The van der Waals surface area contributed by atoms with Crippen molar-refractivity contribution in [1.29, 1.82) is 0 Å². The van der Waals surface area contributed by atoms with Gasteiger partial charge in [0.05, 0.1) is 11.3 Å². The Balaban J connectivity index is 1.63. The van der Waals surface area contributed by atoms with Crippen LogP contribution in [0.1, 0.15) is 37.0 Å². The molecule has 1 amide bonds. The largest absolute Gasteiger partial charge is 0.326 e. The van der Waals surface area contributed by atoms with Crippen molar-refractivity contribution in [3.05, 3.63) is 59.2 Å². The molecule has 3 rings (SSSR count). The Hall–Kier alpha value is -2.18. The average Bonchev–Trinajstić information content (AvgIpc) is 3.01. The third kappa shape index (κ3) is 4.51. The van der Waals surface area contributed by atoms with Crippen LogP contribution >= 0.6 is 0 Å². The number of fused-ring (bicyclic) bond motifs is 1. The van der Waals surface area contributed by atoms with Crippen LogP contribution in [-0.2, 0) is 34.1 Å². The van der Waals surface area contributed by atoms with Crippen molar-refractivity contribution < 1.29 is 13.2 Å². The minimum absolute atomic E-state index is 0.112. The zero-order valence-electron chi connectivity index (χ0n) is 15.1. The summed E-state index contributed by atoms with van der Waals surface area (Å²) in [6.07, 6.45) is 3.71. The fourth-order valence-electron chi connectivity index (χ4n) is 3.22. The van der Waals surface area contributed by atoms with E-state index in [0.717, 1.165) is 18.4 Å². The van der Waals surface area contributed by atoms with Gasteiger partial charge < -0.3 is 5.32 Å². The predicted octanol–water partition coefficient (Wildman–Crippen LogP) is 3.04. The van der Waals surface area contributed by atoms with Gasteiger partial charge in [0.15, 0.2) is 0 Å². The van der Waals surface area contributed by atoms with Crippen molar-refractivity contribution in [2.75, 3.05) is 5.32 Å². The Morgan fingerprint density at radius 2 is 1.73 bits per heavy atom. The molecule has 0 unspecified atom stereocenters. The molecule has 5 nitrogen and oxygen atoms in total. The van der Waals surface area contributed by atoms with Gasteiger partial charge >= 0.3 is 0 Å². The van der Waals surface area contributed by atoms with Gasteiger partial charge in [-0.25, -0.2) is 13.1 Å². The lowest BCUT2D eigenvalue weighted by Crippen LogP contribution is -2.30. The summed E-state index contributed by atoms with van der Waals surface area (Å²) >= 11 is 0. The van der Waals surface area contributed by atoms with E-state index >= 15 is 0 Å². The topological polar surface area (TPSA) is 75.3 Å². The van der Waals surface area contributed by atoms with E-state index in [0.29, 0.717) is 12.1 Å². The van der Waals surface area contributed by atoms with Gasteiger partial charge in [-0.05, 0) is 74.1 Å². The van der Waals surface area contributed by atoms with Gasteiger partial charge in [-0.2, -0.15) is 0 Å². The van der Waals surface area contributed by atoms with E-state index in [4.69, 9.17) is 0 Å². The van der Waals surface area contributed by atoms with Crippen LogP contribution < -0.4 is 10.0 Å². The number of benzene rings is 2. The molecule has 0 saturated heterocycles. The molecule has 1 aliphatic carbocycles. The standard InChI is InChI=1S/C20H24N2O3S/c1-14(2)22-26(24,25)19-10-8-18(9-11-19)21-20(23)13-15-6-7-16-4-3-5-17(16)12-15/h6-12,14,22H,3-5,13H2,1-2H3,(H,21,23). The number of carbonyl (C=O) groups is 1. The molecule has 26 heavy (non-hydrogen) atoms. The van der Waals surface area contributed by atoms with Gasteiger partial charge in [-0.1, -0.05) is 18.2 Å². The molecule has 0 aromatic heterocycles. The van der Waals surface area contributed by atoms with E-state index in [2.05, 4.69) is 22.2 Å². The Kier molecular flexibility index (Phi) is 5.44. The maximum Gasteiger partial charge on any atom is 0.240 e. The van der Waals surface area contributed by atoms with Gasteiger partial charge in [0.1, 0.15) is 0 Å². The van der Waals surface area contributed by atoms with E-state index in [1.54, 1.807) is 26.0 Å². The first-order valence-electron chi connectivity index (χ1n) is 8.86. The SMILES string of the molecule is CC(C)NS(=O)(=O)c1ccc(NC(=O)Cc2ccc3c(c2)CCC3)cc1. The van der Waals surface area contributed by atoms with Crippen LogP contribution in [-0.4, -0.2) is 20.4 Å². The summed E-state index contributed by atoms with van der Waals surface area (Å²) in [5.41, 5.74) is 4.33. The van der Waals surface area contributed by atoms with Gasteiger partial charge in [-0.15, -0.1) is 0 Å². The number of sulfonamides is 1. The number of hydrogen-bond acceptors (Lipinski definition) is 3. The van der Waals surface area contributed by atoms with Gasteiger partial charge in [-0.3, -0.25) is 4.79 Å². The number of rotatable bonds is 6. The van der Waals surface area contributed by atoms with Crippen molar-refractivity contribution in [1.82, 2.24) is 4.72 Å². The van der Waals surface area contributed by atoms with Crippen LogP contribution in [0.3, 0.4) is 0 Å². The van der Waals surface area contributed by atoms with Crippen LogP contribution in [0.25, 0.3) is 0 Å². The van der Waals surface area contributed by atoms with Crippen molar-refractivity contribution >= 4 is 21.6 Å². The molecular weight excluding hydrogens is 348 g/mol. The summed E-state index contributed by atoms with van der Waals surface area (Å²) in [7, 11) is -3.52. The summed E-state index contributed by atoms with van der Waals surface area (Å²) in [6, 6.07) is 12.3. The molecule has 0 saturated carbocycles. The maximum atomic E-state index is 12.3. The van der Waals surface area contributed by atoms with Gasteiger partial charge in [0.25, 0.3) is 0 Å². The van der Waals surface area contributed by atoms with Crippen molar-refractivity contribution in [3.63, 3.8) is 0 Å². The first-order chi connectivity index (χ1) is 12.3. The fourth-order valence-corrected chi connectivity index (χ4v) is 4.47. The van der Waals surface area contributed by atoms with E-state index < -0.39 is 10.0 Å². The molecule has 2 aromatic carbocycles. The number of amides is 1. The highest BCUT2D eigenvalue weighted by Gasteiger charge is 2.15. The lowest BCUT2D eigenvalue weighted by Gasteiger charge is -2.11. The monoisotopic (exact) mass is 372 g/mol. The predicted molar refractivity (Wildman–Crippen MR) is 103 cm³/mol. The second-order valence-electron chi connectivity index (χ2n) is 6.98. The highest BCUT2D eigenvalue weighted by atomic mass is 32.2. The molecule has 0 bridgehead atoms. The first kappa shape index (κ1) is 18.6. The maximum absolute atomic E-state index is 12.3. The number of carbonyl (C=O) groups excluding carboxylic acids is 1. The molecule has 2 N–H and O–H groups in total. The highest BCUT2D eigenvalue weighted by Crippen LogP contribution is 2.23. The number of anilines is 1. The van der Waals surface area contributed by atoms with Crippen LogP contribution in [0, 0.1) is 0 Å². The Labute approximate surface area is 154 Å². The molecule has 2 aromatic rings. The van der Waals surface area contributed by atoms with Crippen LogP contribution in [0.15, 0.2) is 47.4 Å². The normalized spacial score (nSPS) is 13.7. The zero-order chi connectivity index (χ0) is 18.7. The second kappa shape index (κ2) is 7.60. The minimum Gasteiger partial charge on any atom is -0.326 e. The Morgan fingerprint density at radius 3 is 2.42 bits per heavy atom. The van der Waals surface area contributed by atoms with E-state index in [-0.39, 0.29) is 16.8 Å². The molecule has 0 spiro atoms. The fraction of sp³-hybridized carbons (Fsp3) is 0.350. The number of aryl methyl sites for hydroxylation is 2. The van der Waals surface area contributed by atoms with Crippen LogP contribution in [0.5, 0.6) is 0 Å². The molecule has 138 valence electrons. The lowest BCUT2D eigenvalue weighted by molar-refractivity contribution is -0.115. The van der Waals surface area contributed by atoms with E-state index in [1.807, 2.05) is 6.07 Å². The summed E-state index contributed by atoms with van der Waals surface area (Å²) < 4.78 is 26.8. The highest BCUT2D eigenvalue weighted by molar-refractivity contribution is 7.89. The molecule has 0 radical (unpaired) electrons. The average molecular weight is 372 g/mol.